The molecule has 2 N–H and O–H groups in total. The first-order valence-corrected chi connectivity index (χ1v) is 11.2. The van der Waals surface area contributed by atoms with Gasteiger partial charge in [0.05, 0.1) is 10.7 Å². The molecule has 0 radical (unpaired) electrons. The van der Waals surface area contributed by atoms with Gasteiger partial charge in [0.1, 0.15) is 11.8 Å². The molecule has 2 aromatic rings. The van der Waals surface area contributed by atoms with Crippen molar-refractivity contribution in [1.82, 2.24) is 4.90 Å². The van der Waals surface area contributed by atoms with Gasteiger partial charge in [-0.3, -0.25) is 9.69 Å². The summed E-state index contributed by atoms with van der Waals surface area (Å²) in [5.74, 6) is -0.662. The van der Waals surface area contributed by atoms with Crippen molar-refractivity contribution in [3.63, 3.8) is 0 Å². The van der Waals surface area contributed by atoms with Crippen LogP contribution < -0.4 is 15.0 Å². The number of ether oxygens (including phenoxy) is 1. The van der Waals surface area contributed by atoms with E-state index in [1.165, 1.54) is 17.0 Å². The predicted molar refractivity (Wildman–Crippen MR) is 120 cm³/mol. The lowest BCUT2D eigenvalue weighted by molar-refractivity contribution is -0.274. The minimum atomic E-state index is -4.74. The van der Waals surface area contributed by atoms with Crippen LogP contribution in [0.1, 0.15) is 30.4 Å². The van der Waals surface area contributed by atoms with Crippen LogP contribution in [-0.4, -0.2) is 47.5 Å². The second kappa shape index (κ2) is 9.61. The maximum atomic E-state index is 12.8. The molecule has 1 saturated heterocycles. The minimum absolute atomic E-state index is 0.282. The molecule has 0 bridgehead atoms. The zero-order chi connectivity index (χ0) is 24.5. The van der Waals surface area contributed by atoms with Gasteiger partial charge in [0.25, 0.3) is 0 Å². The van der Waals surface area contributed by atoms with E-state index >= 15 is 0 Å². The predicted octanol–water partition coefficient (Wildman–Crippen LogP) is 5.27. The van der Waals surface area contributed by atoms with Crippen molar-refractivity contribution in [2.75, 3.05) is 23.3 Å². The van der Waals surface area contributed by atoms with Crippen LogP contribution in [0.2, 0.25) is 5.02 Å². The number of likely N-dealkylation sites (tertiary alicyclic amines) is 1. The van der Waals surface area contributed by atoms with Crippen LogP contribution in [-0.2, 0) is 17.8 Å². The molecule has 0 aliphatic carbocycles. The zero-order valence-corrected chi connectivity index (χ0v) is 18.8. The van der Waals surface area contributed by atoms with Gasteiger partial charge in [0, 0.05) is 25.3 Å². The first-order valence-electron chi connectivity index (χ1n) is 10.8. The van der Waals surface area contributed by atoms with Crippen LogP contribution in [0.15, 0.2) is 36.4 Å². The van der Waals surface area contributed by atoms with Crippen LogP contribution in [0.3, 0.4) is 0 Å². The third kappa shape index (κ3) is 5.49. The Balaban J connectivity index is 1.44. The molecule has 7 nitrogen and oxygen atoms in total. The number of anilines is 2. The fraction of sp³-hybridized carbons (Fsp3) is 0.391. The number of piperidine rings is 1. The summed E-state index contributed by atoms with van der Waals surface area (Å²) in [6.07, 6.45) is -3.19. The van der Waals surface area contributed by atoms with Gasteiger partial charge >= 0.3 is 12.5 Å². The summed E-state index contributed by atoms with van der Waals surface area (Å²) in [5.41, 5.74) is 3.03. The third-order valence-corrected chi connectivity index (χ3v) is 6.25. The second-order valence-electron chi connectivity index (χ2n) is 8.31. The molecule has 4 rings (SSSR count). The highest BCUT2D eigenvalue weighted by atomic mass is 35.5. The van der Waals surface area contributed by atoms with Gasteiger partial charge in [-0.15, -0.1) is 13.2 Å². The molecule has 0 saturated carbocycles. The maximum Gasteiger partial charge on any atom is 0.573 e. The van der Waals surface area contributed by atoms with Crippen LogP contribution in [0.4, 0.5) is 29.3 Å². The number of carbonyl (C=O) groups is 2. The number of carbonyl (C=O) groups excluding carboxylic acids is 1. The van der Waals surface area contributed by atoms with Crippen molar-refractivity contribution in [3.8, 4) is 5.75 Å². The summed E-state index contributed by atoms with van der Waals surface area (Å²) in [7, 11) is 0. The molecule has 1 unspecified atom stereocenters. The highest BCUT2D eigenvalue weighted by Crippen LogP contribution is 2.39. The molecule has 1 atom stereocenters. The Hall–Kier alpha value is -3.14. The summed E-state index contributed by atoms with van der Waals surface area (Å²) in [6.45, 7) is 1.43. The van der Waals surface area contributed by atoms with Gasteiger partial charge in [0.2, 0.25) is 5.91 Å². The maximum absolute atomic E-state index is 12.8. The highest BCUT2D eigenvalue weighted by molar-refractivity contribution is 6.34. The van der Waals surface area contributed by atoms with E-state index in [0.29, 0.717) is 43.2 Å². The third-order valence-electron chi connectivity index (χ3n) is 5.96. The first-order chi connectivity index (χ1) is 16.1. The molecule has 1 fully saturated rings. The van der Waals surface area contributed by atoms with Crippen molar-refractivity contribution in [2.24, 2.45) is 0 Å². The highest BCUT2D eigenvalue weighted by Gasteiger charge is 2.33. The Kier molecular flexibility index (Phi) is 6.79. The normalized spacial score (nSPS) is 17.9. The Bertz CT molecular complexity index is 1080. The Morgan fingerprint density at radius 2 is 1.88 bits per heavy atom. The standard InChI is InChI=1S/C23H23ClF3N3O4/c24-18-12-16(28-21(31)19-3-1-2-9-30(19)22(32)33)11-15-8-10-29(20(15)18)13-14-4-6-17(7-5-14)34-23(25,26)27/h4-7,11-12,19H,1-3,8-10,13H2,(H,28,31)(H,32,33). The van der Waals surface area contributed by atoms with E-state index in [0.717, 1.165) is 29.7 Å². The van der Waals surface area contributed by atoms with Gasteiger partial charge in [-0.1, -0.05) is 23.7 Å². The van der Waals surface area contributed by atoms with E-state index < -0.39 is 18.5 Å². The fourth-order valence-corrected chi connectivity index (χ4v) is 4.83. The van der Waals surface area contributed by atoms with E-state index in [-0.39, 0.29) is 11.7 Å². The number of alkyl halides is 3. The number of hydrogen-bond acceptors (Lipinski definition) is 4. The summed E-state index contributed by atoms with van der Waals surface area (Å²) >= 11 is 6.54. The van der Waals surface area contributed by atoms with Crippen LogP contribution in [0, 0.1) is 0 Å². The summed E-state index contributed by atoms with van der Waals surface area (Å²) in [5, 5.41) is 12.6. The number of carboxylic acid groups (broad SMARTS) is 1. The number of fused-ring (bicyclic) bond motifs is 1. The zero-order valence-electron chi connectivity index (χ0n) is 18.1. The number of benzene rings is 2. The molecule has 2 aromatic carbocycles. The number of nitrogens with zero attached hydrogens (tertiary/aromatic N) is 2. The number of amides is 2. The van der Waals surface area contributed by atoms with Crippen molar-refractivity contribution >= 4 is 35.0 Å². The molecule has 34 heavy (non-hydrogen) atoms. The fourth-order valence-electron chi connectivity index (χ4n) is 4.47. The lowest BCUT2D eigenvalue weighted by Gasteiger charge is -2.32. The topological polar surface area (TPSA) is 82.1 Å². The largest absolute Gasteiger partial charge is 0.573 e. The Morgan fingerprint density at radius 1 is 1.15 bits per heavy atom. The molecule has 2 heterocycles. The number of halogens is 4. The molecule has 0 spiro atoms. The molecule has 11 heteroatoms. The lowest BCUT2D eigenvalue weighted by Crippen LogP contribution is -2.49. The molecule has 2 aliphatic rings. The van der Waals surface area contributed by atoms with Gasteiger partial charge < -0.3 is 20.1 Å². The second-order valence-corrected chi connectivity index (χ2v) is 8.71. The monoisotopic (exact) mass is 497 g/mol. The van der Waals surface area contributed by atoms with Crippen molar-refractivity contribution in [3.05, 3.63) is 52.5 Å². The smallest absolute Gasteiger partial charge is 0.465 e. The molecule has 0 aromatic heterocycles. The Labute approximate surface area is 199 Å². The van der Waals surface area contributed by atoms with E-state index in [4.69, 9.17) is 11.6 Å². The van der Waals surface area contributed by atoms with Crippen LogP contribution in [0.25, 0.3) is 0 Å². The molecule has 182 valence electrons. The minimum Gasteiger partial charge on any atom is -0.465 e. The van der Waals surface area contributed by atoms with Crippen LogP contribution in [0.5, 0.6) is 5.75 Å². The van der Waals surface area contributed by atoms with Gasteiger partial charge in [0.15, 0.2) is 0 Å². The lowest BCUT2D eigenvalue weighted by atomic mass is 10.0. The number of hydrogen-bond donors (Lipinski definition) is 2. The van der Waals surface area contributed by atoms with Crippen LogP contribution >= 0.6 is 11.6 Å². The quantitative estimate of drug-likeness (QED) is 0.588. The SMILES string of the molecule is O=C(Nc1cc(Cl)c2c(c1)CCN2Cc1ccc(OC(F)(F)F)cc1)C1CCCCN1C(=O)O. The average molecular weight is 498 g/mol. The molecule has 2 aliphatic heterocycles. The molecular formula is C23H23ClF3N3O4. The van der Waals surface area contributed by atoms with Gasteiger partial charge in [-0.25, -0.2) is 4.79 Å². The number of rotatable bonds is 5. The summed E-state index contributed by atoms with van der Waals surface area (Å²) in [6, 6.07) is 8.40. The number of nitrogens with one attached hydrogen (secondary N) is 1. The van der Waals surface area contributed by atoms with Crippen molar-refractivity contribution < 1.29 is 32.6 Å². The molecule has 2 amide bonds. The van der Waals surface area contributed by atoms with E-state index in [1.807, 2.05) is 11.0 Å². The first kappa shape index (κ1) is 24.0. The van der Waals surface area contributed by atoms with E-state index in [2.05, 4.69) is 10.1 Å². The van der Waals surface area contributed by atoms with Crippen molar-refractivity contribution in [2.45, 2.75) is 44.6 Å². The van der Waals surface area contributed by atoms with Crippen molar-refractivity contribution in [1.29, 1.82) is 0 Å². The van der Waals surface area contributed by atoms with Gasteiger partial charge in [-0.05, 0) is 61.1 Å². The average Bonchev–Trinajstić information content (AvgIpc) is 3.17. The Morgan fingerprint density at radius 3 is 2.56 bits per heavy atom. The summed E-state index contributed by atoms with van der Waals surface area (Å²) < 4.78 is 41.0. The molecular weight excluding hydrogens is 475 g/mol. The van der Waals surface area contributed by atoms with Gasteiger partial charge in [-0.2, -0.15) is 0 Å². The van der Waals surface area contributed by atoms with E-state index in [1.54, 1.807) is 18.2 Å². The summed E-state index contributed by atoms with van der Waals surface area (Å²) in [4.78, 5) is 27.4. The van der Waals surface area contributed by atoms with E-state index in [9.17, 15) is 27.9 Å².